The minimum absolute atomic E-state index is 0.0821. The van der Waals surface area contributed by atoms with E-state index < -0.39 is 0 Å². The van der Waals surface area contributed by atoms with E-state index in [1.165, 1.54) is 0 Å². The van der Waals surface area contributed by atoms with Crippen molar-refractivity contribution in [1.82, 2.24) is 5.32 Å². The Hall–Kier alpha value is -1.03. The van der Waals surface area contributed by atoms with E-state index in [-0.39, 0.29) is 6.04 Å². The summed E-state index contributed by atoms with van der Waals surface area (Å²) >= 11 is 7.97. The van der Waals surface area contributed by atoms with E-state index >= 15 is 0 Å². The van der Waals surface area contributed by atoms with E-state index in [0.717, 1.165) is 27.8 Å². The molecule has 1 unspecified atom stereocenters. The number of rotatable bonds is 5. The van der Waals surface area contributed by atoms with E-state index in [1.807, 2.05) is 29.6 Å². The van der Waals surface area contributed by atoms with Crippen LogP contribution in [0.4, 0.5) is 0 Å². The number of ether oxygens (including phenoxy) is 1. The number of thiophene rings is 1. The van der Waals surface area contributed by atoms with Gasteiger partial charge in [-0.15, -0.1) is 11.3 Å². The molecular weight excluding hydrogens is 266 g/mol. The number of benzene rings is 1. The molecule has 0 bridgehead atoms. The normalized spacial score (nSPS) is 12.4. The lowest BCUT2D eigenvalue weighted by Gasteiger charge is -2.19. The molecule has 2 rings (SSSR count). The van der Waals surface area contributed by atoms with Crippen LogP contribution in [0, 0.1) is 0 Å². The monoisotopic (exact) mass is 281 g/mol. The minimum atomic E-state index is 0.0821. The summed E-state index contributed by atoms with van der Waals surface area (Å²) in [4.78, 5) is 1.16. The number of nitrogens with one attached hydrogen (secondary N) is 1. The molecule has 0 aliphatic heterocycles. The predicted octanol–water partition coefficient (Wildman–Crippen LogP) is 4.11. The molecule has 0 amide bonds. The number of halogens is 1. The summed E-state index contributed by atoms with van der Waals surface area (Å²) in [5.74, 6) is 0.908. The summed E-state index contributed by atoms with van der Waals surface area (Å²) in [6.45, 7) is 2.96. The maximum atomic E-state index is 6.29. The Kier molecular flexibility index (Phi) is 4.64. The molecule has 1 atom stereocenters. The fourth-order valence-corrected chi connectivity index (χ4v) is 3.14. The summed E-state index contributed by atoms with van der Waals surface area (Å²) in [5, 5.41) is 6.28. The molecule has 0 aliphatic rings. The fraction of sp³-hybridized carbons (Fsp3) is 0.286. The topological polar surface area (TPSA) is 21.3 Å². The smallest absolute Gasteiger partial charge is 0.134 e. The van der Waals surface area contributed by atoms with Crippen LogP contribution in [0.5, 0.6) is 5.75 Å². The van der Waals surface area contributed by atoms with Crippen LogP contribution in [-0.4, -0.2) is 13.7 Å². The summed E-state index contributed by atoms with van der Waals surface area (Å²) in [6.07, 6.45) is 0. The Balaban J connectivity index is 2.43. The highest BCUT2D eigenvalue weighted by Crippen LogP contribution is 2.37. The first-order chi connectivity index (χ1) is 8.77. The van der Waals surface area contributed by atoms with E-state index in [9.17, 15) is 0 Å². The lowest BCUT2D eigenvalue weighted by atomic mass is 10.0. The van der Waals surface area contributed by atoms with Crippen LogP contribution >= 0.6 is 22.9 Å². The molecule has 0 radical (unpaired) electrons. The van der Waals surface area contributed by atoms with Crippen molar-refractivity contribution in [3.05, 3.63) is 51.2 Å². The van der Waals surface area contributed by atoms with Gasteiger partial charge < -0.3 is 10.1 Å². The highest BCUT2D eigenvalue weighted by molar-refractivity contribution is 7.10. The SMILES string of the molecule is CCNC(c1ccccc1Cl)c1sccc1OC. The van der Waals surface area contributed by atoms with Crippen molar-refractivity contribution >= 4 is 22.9 Å². The van der Waals surface area contributed by atoms with Gasteiger partial charge in [0.05, 0.1) is 18.0 Å². The molecule has 18 heavy (non-hydrogen) atoms. The predicted molar refractivity (Wildman–Crippen MR) is 77.8 cm³/mol. The average molecular weight is 282 g/mol. The van der Waals surface area contributed by atoms with Crippen LogP contribution in [0.1, 0.15) is 23.4 Å². The Morgan fingerprint density at radius 2 is 2.11 bits per heavy atom. The summed E-state index contributed by atoms with van der Waals surface area (Å²) in [5.41, 5.74) is 1.08. The van der Waals surface area contributed by atoms with Crippen LogP contribution in [0.3, 0.4) is 0 Å². The van der Waals surface area contributed by atoms with Gasteiger partial charge in [-0.25, -0.2) is 0 Å². The van der Waals surface area contributed by atoms with Gasteiger partial charge in [-0.2, -0.15) is 0 Å². The number of hydrogen-bond donors (Lipinski definition) is 1. The molecule has 0 fully saturated rings. The quantitative estimate of drug-likeness (QED) is 0.890. The highest BCUT2D eigenvalue weighted by atomic mass is 35.5. The second-order valence-corrected chi connectivity index (χ2v) is 5.22. The molecule has 0 aliphatic carbocycles. The van der Waals surface area contributed by atoms with Gasteiger partial charge in [0, 0.05) is 5.02 Å². The zero-order valence-corrected chi connectivity index (χ0v) is 12.0. The molecule has 4 heteroatoms. The Bertz CT molecular complexity index is 512. The summed E-state index contributed by atoms with van der Waals surface area (Å²) in [6, 6.07) is 9.99. The summed E-state index contributed by atoms with van der Waals surface area (Å²) < 4.78 is 5.40. The second-order valence-electron chi connectivity index (χ2n) is 3.87. The molecule has 0 saturated carbocycles. The van der Waals surface area contributed by atoms with Crippen molar-refractivity contribution in [2.45, 2.75) is 13.0 Å². The third kappa shape index (κ3) is 2.69. The highest BCUT2D eigenvalue weighted by Gasteiger charge is 2.20. The Labute approximate surface area is 117 Å². The third-order valence-electron chi connectivity index (χ3n) is 2.76. The zero-order valence-electron chi connectivity index (χ0n) is 10.4. The standard InChI is InChI=1S/C14H16ClNOS/c1-3-16-13(10-6-4-5-7-11(10)15)14-12(17-2)8-9-18-14/h4-9,13,16H,3H2,1-2H3. The van der Waals surface area contributed by atoms with Gasteiger partial charge in [-0.1, -0.05) is 36.7 Å². The van der Waals surface area contributed by atoms with E-state index in [2.05, 4.69) is 18.3 Å². The van der Waals surface area contributed by atoms with Crippen molar-refractivity contribution in [1.29, 1.82) is 0 Å². The lowest BCUT2D eigenvalue weighted by molar-refractivity contribution is 0.408. The van der Waals surface area contributed by atoms with Gasteiger partial charge in [0.1, 0.15) is 5.75 Å². The molecular formula is C14H16ClNOS. The van der Waals surface area contributed by atoms with Crippen molar-refractivity contribution in [3.63, 3.8) is 0 Å². The molecule has 2 aromatic rings. The van der Waals surface area contributed by atoms with Gasteiger partial charge in [0.15, 0.2) is 0 Å². The molecule has 1 aromatic carbocycles. The zero-order chi connectivity index (χ0) is 13.0. The number of methoxy groups -OCH3 is 1. The van der Waals surface area contributed by atoms with Crippen LogP contribution in [-0.2, 0) is 0 Å². The Morgan fingerprint density at radius 1 is 1.33 bits per heavy atom. The van der Waals surface area contributed by atoms with E-state index in [4.69, 9.17) is 16.3 Å². The lowest BCUT2D eigenvalue weighted by Crippen LogP contribution is -2.21. The maximum Gasteiger partial charge on any atom is 0.134 e. The van der Waals surface area contributed by atoms with Crippen LogP contribution in [0.2, 0.25) is 5.02 Å². The first-order valence-corrected chi connectivity index (χ1v) is 7.12. The van der Waals surface area contributed by atoms with Gasteiger partial charge in [-0.3, -0.25) is 0 Å². The summed E-state index contributed by atoms with van der Waals surface area (Å²) in [7, 11) is 1.70. The molecule has 2 nitrogen and oxygen atoms in total. The third-order valence-corrected chi connectivity index (χ3v) is 4.07. The maximum absolute atomic E-state index is 6.29. The van der Waals surface area contributed by atoms with Gasteiger partial charge >= 0.3 is 0 Å². The molecule has 96 valence electrons. The van der Waals surface area contributed by atoms with Crippen LogP contribution in [0.15, 0.2) is 35.7 Å². The first-order valence-electron chi connectivity index (χ1n) is 5.87. The van der Waals surface area contributed by atoms with Gasteiger partial charge in [0.2, 0.25) is 0 Å². The minimum Gasteiger partial charge on any atom is -0.496 e. The largest absolute Gasteiger partial charge is 0.496 e. The van der Waals surface area contributed by atoms with Crippen molar-refractivity contribution in [3.8, 4) is 5.75 Å². The molecule has 1 heterocycles. The first kappa shape index (κ1) is 13.4. The van der Waals surface area contributed by atoms with Crippen molar-refractivity contribution in [2.75, 3.05) is 13.7 Å². The van der Waals surface area contributed by atoms with Crippen molar-refractivity contribution < 1.29 is 4.74 Å². The van der Waals surface area contributed by atoms with Crippen LogP contribution < -0.4 is 10.1 Å². The van der Waals surface area contributed by atoms with Gasteiger partial charge in [-0.05, 0) is 29.6 Å². The van der Waals surface area contributed by atoms with Crippen LogP contribution in [0.25, 0.3) is 0 Å². The number of hydrogen-bond acceptors (Lipinski definition) is 3. The fourth-order valence-electron chi connectivity index (χ4n) is 1.95. The van der Waals surface area contributed by atoms with Gasteiger partial charge in [0.25, 0.3) is 0 Å². The molecule has 1 N–H and O–H groups in total. The second kappa shape index (κ2) is 6.23. The van der Waals surface area contributed by atoms with E-state index in [0.29, 0.717) is 0 Å². The Morgan fingerprint density at radius 3 is 2.78 bits per heavy atom. The molecule has 0 saturated heterocycles. The van der Waals surface area contributed by atoms with Crippen molar-refractivity contribution in [2.24, 2.45) is 0 Å². The average Bonchev–Trinajstić information content (AvgIpc) is 2.85. The van der Waals surface area contributed by atoms with E-state index in [1.54, 1.807) is 18.4 Å². The molecule has 0 spiro atoms. The molecule has 1 aromatic heterocycles.